The van der Waals surface area contributed by atoms with E-state index >= 15 is 0 Å². The lowest BCUT2D eigenvalue weighted by molar-refractivity contribution is 0.0513. The van der Waals surface area contributed by atoms with Crippen LogP contribution in [-0.2, 0) is 11.3 Å². The molecule has 0 aliphatic carbocycles. The van der Waals surface area contributed by atoms with E-state index in [4.69, 9.17) is 9.47 Å². The Morgan fingerprint density at radius 2 is 1.72 bits per heavy atom. The van der Waals surface area contributed by atoms with Crippen LogP contribution in [0.15, 0.2) is 24.3 Å². The van der Waals surface area contributed by atoms with Crippen molar-refractivity contribution < 1.29 is 14.3 Å². The van der Waals surface area contributed by atoms with Gasteiger partial charge in [0.25, 0.3) is 0 Å². The summed E-state index contributed by atoms with van der Waals surface area (Å²) in [7, 11) is 0. The Kier molecular flexibility index (Phi) is 8.23. The fourth-order valence-electron chi connectivity index (χ4n) is 2.05. The number of nitrogens with one attached hydrogen (secondary N) is 2. The predicted octanol–water partition coefficient (Wildman–Crippen LogP) is 4.26. The maximum atomic E-state index is 11.8. The minimum absolute atomic E-state index is 0.243. The second kappa shape index (κ2) is 9.66. The normalized spacial score (nSPS) is 11.9. The SMILES string of the molecule is CCCCOc1ccc(CNC(C)(C)CNC(=O)OC(C)(C)C)cc1. The van der Waals surface area contributed by atoms with Crippen LogP contribution in [0.25, 0.3) is 0 Å². The highest BCUT2D eigenvalue weighted by atomic mass is 16.6. The maximum absolute atomic E-state index is 11.8. The summed E-state index contributed by atoms with van der Waals surface area (Å²) in [6.07, 6.45) is 1.81. The number of benzene rings is 1. The van der Waals surface area contributed by atoms with E-state index in [0.29, 0.717) is 6.54 Å². The lowest BCUT2D eigenvalue weighted by Gasteiger charge is -2.28. The van der Waals surface area contributed by atoms with Crippen LogP contribution >= 0.6 is 0 Å². The second-order valence-electron chi connectivity index (χ2n) is 7.94. The predicted molar refractivity (Wildman–Crippen MR) is 102 cm³/mol. The molecule has 0 heterocycles. The Labute approximate surface area is 152 Å². The lowest BCUT2D eigenvalue weighted by Crippen LogP contribution is -2.49. The van der Waals surface area contributed by atoms with Gasteiger partial charge >= 0.3 is 6.09 Å². The summed E-state index contributed by atoms with van der Waals surface area (Å²) < 4.78 is 10.9. The van der Waals surface area contributed by atoms with E-state index < -0.39 is 11.7 Å². The quantitative estimate of drug-likeness (QED) is 0.653. The molecule has 1 rings (SSSR count). The molecule has 0 saturated carbocycles. The smallest absolute Gasteiger partial charge is 0.407 e. The first-order chi connectivity index (χ1) is 11.6. The van der Waals surface area contributed by atoms with Crippen LogP contribution in [0.5, 0.6) is 5.75 Å². The number of amides is 1. The monoisotopic (exact) mass is 350 g/mol. The van der Waals surface area contributed by atoms with Gasteiger partial charge in [-0.1, -0.05) is 25.5 Å². The lowest BCUT2D eigenvalue weighted by atomic mass is 10.1. The van der Waals surface area contributed by atoms with Crippen LogP contribution in [0.4, 0.5) is 4.79 Å². The van der Waals surface area contributed by atoms with Crippen molar-refractivity contribution in [2.45, 2.75) is 72.1 Å². The minimum Gasteiger partial charge on any atom is -0.494 e. The van der Waals surface area contributed by atoms with E-state index in [1.807, 2.05) is 46.8 Å². The van der Waals surface area contributed by atoms with Crippen molar-refractivity contribution in [1.29, 1.82) is 0 Å². The second-order valence-corrected chi connectivity index (χ2v) is 7.94. The van der Waals surface area contributed by atoms with Gasteiger partial charge in [-0.2, -0.15) is 0 Å². The van der Waals surface area contributed by atoms with E-state index in [1.54, 1.807) is 0 Å². The molecule has 0 bridgehead atoms. The summed E-state index contributed by atoms with van der Waals surface area (Å²) in [5.41, 5.74) is 0.448. The largest absolute Gasteiger partial charge is 0.494 e. The van der Waals surface area contributed by atoms with E-state index in [0.717, 1.165) is 31.7 Å². The van der Waals surface area contributed by atoms with Gasteiger partial charge in [0.2, 0.25) is 0 Å². The fourth-order valence-corrected chi connectivity index (χ4v) is 2.05. The molecule has 0 atom stereocenters. The Hall–Kier alpha value is -1.75. The zero-order valence-corrected chi connectivity index (χ0v) is 16.6. The third kappa shape index (κ3) is 9.97. The molecule has 0 aliphatic heterocycles. The molecule has 0 fully saturated rings. The Bertz CT molecular complexity index is 519. The van der Waals surface area contributed by atoms with Gasteiger partial charge in [-0.15, -0.1) is 0 Å². The maximum Gasteiger partial charge on any atom is 0.407 e. The molecular formula is C20H34N2O3. The molecule has 0 unspecified atom stereocenters. The molecule has 142 valence electrons. The summed E-state index contributed by atoms with van der Waals surface area (Å²) >= 11 is 0. The summed E-state index contributed by atoms with van der Waals surface area (Å²) in [4.78, 5) is 11.8. The van der Waals surface area contributed by atoms with E-state index in [1.165, 1.54) is 5.56 Å². The van der Waals surface area contributed by atoms with Crippen molar-refractivity contribution in [3.8, 4) is 5.75 Å². The topological polar surface area (TPSA) is 59.6 Å². The first kappa shape index (κ1) is 21.3. The van der Waals surface area contributed by atoms with Crippen molar-refractivity contribution in [2.75, 3.05) is 13.2 Å². The fraction of sp³-hybridized carbons (Fsp3) is 0.650. The van der Waals surface area contributed by atoms with Crippen molar-refractivity contribution in [3.63, 3.8) is 0 Å². The van der Waals surface area contributed by atoms with Crippen LogP contribution in [-0.4, -0.2) is 30.4 Å². The van der Waals surface area contributed by atoms with Gasteiger partial charge in [-0.05, 0) is 58.7 Å². The molecular weight excluding hydrogens is 316 g/mol. The number of ether oxygens (including phenoxy) is 2. The minimum atomic E-state index is -0.484. The molecule has 0 aromatic heterocycles. The molecule has 2 N–H and O–H groups in total. The van der Waals surface area contributed by atoms with Crippen molar-refractivity contribution in [3.05, 3.63) is 29.8 Å². The Balaban J connectivity index is 2.38. The molecule has 1 aromatic carbocycles. The van der Waals surface area contributed by atoms with Crippen LogP contribution < -0.4 is 15.4 Å². The summed E-state index contributed by atoms with van der Waals surface area (Å²) in [5, 5.41) is 6.26. The molecule has 1 aromatic rings. The molecule has 25 heavy (non-hydrogen) atoms. The van der Waals surface area contributed by atoms with Gasteiger partial charge in [-0.25, -0.2) is 4.79 Å². The molecule has 0 spiro atoms. The van der Waals surface area contributed by atoms with Gasteiger partial charge in [0.15, 0.2) is 0 Å². The van der Waals surface area contributed by atoms with Crippen LogP contribution in [0.3, 0.4) is 0 Å². The number of alkyl carbamates (subject to hydrolysis) is 1. The molecule has 0 aliphatic rings. The zero-order valence-electron chi connectivity index (χ0n) is 16.6. The number of unbranched alkanes of at least 4 members (excludes halogenated alkanes) is 1. The molecule has 1 amide bonds. The van der Waals surface area contributed by atoms with Crippen LogP contribution in [0.2, 0.25) is 0 Å². The summed E-state index contributed by atoms with van der Waals surface area (Å²) in [6.45, 7) is 13.8. The summed E-state index contributed by atoms with van der Waals surface area (Å²) in [6, 6.07) is 8.12. The standard InChI is InChI=1S/C20H34N2O3/c1-7-8-13-24-17-11-9-16(10-12-17)14-22-20(5,6)15-21-18(23)25-19(2,3)4/h9-12,22H,7-8,13-15H2,1-6H3,(H,21,23). The molecule has 5 nitrogen and oxygen atoms in total. The number of rotatable bonds is 9. The molecule has 5 heteroatoms. The highest BCUT2D eigenvalue weighted by molar-refractivity contribution is 5.67. The van der Waals surface area contributed by atoms with Gasteiger partial charge < -0.3 is 20.1 Å². The Morgan fingerprint density at radius 3 is 2.28 bits per heavy atom. The van der Waals surface area contributed by atoms with Crippen molar-refractivity contribution >= 4 is 6.09 Å². The summed E-state index contributed by atoms with van der Waals surface area (Å²) in [5.74, 6) is 0.906. The van der Waals surface area contributed by atoms with E-state index in [2.05, 4.69) is 29.7 Å². The van der Waals surface area contributed by atoms with Crippen molar-refractivity contribution in [1.82, 2.24) is 10.6 Å². The van der Waals surface area contributed by atoms with Gasteiger partial charge in [0.1, 0.15) is 11.4 Å². The van der Waals surface area contributed by atoms with Gasteiger partial charge in [-0.3, -0.25) is 0 Å². The average Bonchev–Trinajstić information content (AvgIpc) is 2.51. The first-order valence-electron chi connectivity index (χ1n) is 9.05. The third-order valence-electron chi connectivity index (χ3n) is 3.53. The highest BCUT2D eigenvalue weighted by Gasteiger charge is 2.21. The first-order valence-corrected chi connectivity index (χ1v) is 9.05. The van der Waals surface area contributed by atoms with Crippen molar-refractivity contribution in [2.24, 2.45) is 0 Å². The zero-order chi connectivity index (χ0) is 18.9. The third-order valence-corrected chi connectivity index (χ3v) is 3.53. The van der Waals surface area contributed by atoms with E-state index in [9.17, 15) is 4.79 Å². The average molecular weight is 351 g/mol. The van der Waals surface area contributed by atoms with Gasteiger partial charge in [0.05, 0.1) is 6.61 Å². The molecule has 0 radical (unpaired) electrons. The van der Waals surface area contributed by atoms with Gasteiger partial charge in [0, 0.05) is 18.6 Å². The number of hydrogen-bond donors (Lipinski definition) is 2. The number of carbonyl (C=O) groups excluding carboxylic acids is 1. The highest BCUT2D eigenvalue weighted by Crippen LogP contribution is 2.14. The van der Waals surface area contributed by atoms with E-state index in [-0.39, 0.29) is 5.54 Å². The molecule has 0 saturated heterocycles. The van der Waals surface area contributed by atoms with Crippen LogP contribution in [0, 0.1) is 0 Å². The number of carbonyl (C=O) groups is 1. The number of hydrogen-bond acceptors (Lipinski definition) is 4. The van der Waals surface area contributed by atoms with Crippen LogP contribution in [0.1, 0.15) is 59.9 Å². The Morgan fingerprint density at radius 1 is 1.08 bits per heavy atom.